The molecular formula is C57H50O13. The maximum absolute atomic E-state index is 13.1. The summed E-state index contributed by atoms with van der Waals surface area (Å²) in [5.74, 6) is -0.767. The molecule has 13 nitrogen and oxygen atoms in total. The number of ether oxygens (including phenoxy) is 8. The number of carbonyl (C=O) groups is 5. The number of hydrogen-bond donors (Lipinski definition) is 0. The number of aryl methyl sites for hydroxylation is 3. The zero-order chi connectivity index (χ0) is 49.7. The summed E-state index contributed by atoms with van der Waals surface area (Å²) >= 11 is 0. The molecule has 0 saturated heterocycles. The zero-order valence-corrected chi connectivity index (χ0v) is 39.4. The Morgan fingerprint density at radius 2 is 0.800 bits per heavy atom. The molecule has 0 heterocycles. The van der Waals surface area contributed by atoms with Crippen molar-refractivity contribution in [1.82, 2.24) is 0 Å². The molecule has 0 fully saturated rings. The minimum absolute atomic E-state index is 0.137. The van der Waals surface area contributed by atoms with Gasteiger partial charge in [0.15, 0.2) is 0 Å². The average molecular weight is 943 g/mol. The van der Waals surface area contributed by atoms with Gasteiger partial charge in [-0.1, -0.05) is 29.8 Å². The second kappa shape index (κ2) is 23.0. The summed E-state index contributed by atoms with van der Waals surface area (Å²) in [6.07, 6.45) is 1.79. The lowest BCUT2D eigenvalue weighted by Crippen LogP contribution is -2.12. The van der Waals surface area contributed by atoms with Crippen molar-refractivity contribution in [2.45, 2.75) is 46.6 Å². The van der Waals surface area contributed by atoms with Gasteiger partial charge >= 0.3 is 29.8 Å². The smallest absolute Gasteiger partial charge is 0.347 e. The summed E-state index contributed by atoms with van der Waals surface area (Å²) in [7, 11) is 3.12. The van der Waals surface area contributed by atoms with Crippen LogP contribution in [-0.4, -0.2) is 56.8 Å². The molecule has 13 heteroatoms. The highest BCUT2D eigenvalue weighted by Crippen LogP contribution is 2.33. The molecule has 0 aliphatic heterocycles. The molecule has 1 atom stereocenters. The second-order valence-corrected chi connectivity index (χ2v) is 16.2. The number of rotatable bonds is 18. The van der Waals surface area contributed by atoms with Crippen molar-refractivity contribution in [2.75, 3.05) is 20.8 Å². The van der Waals surface area contributed by atoms with Gasteiger partial charge in [-0.3, -0.25) is 0 Å². The Bertz CT molecular complexity index is 2990. The van der Waals surface area contributed by atoms with Gasteiger partial charge in [0.25, 0.3) is 0 Å². The maximum atomic E-state index is 13.1. The highest BCUT2D eigenvalue weighted by atomic mass is 16.6. The van der Waals surface area contributed by atoms with Gasteiger partial charge in [-0.25, -0.2) is 24.0 Å². The minimum Gasteiger partial charge on any atom is -0.496 e. The van der Waals surface area contributed by atoms with Gasteiger partial charge < -0.3 is 37.9 Å². The average Bonchev–Trinajstić information content (AvgIpc) is 3.36. The Labute approximate surface area is 405 Å². The molecule has 7 aromatic carbocycles. The molecule has 1 unspecified atom stereocenters. The van der Waals surface area contributed by atoms with Crippen LogP contribution in [0.25, 0.3) is 11.1 Å². The van der Waals surface area contributed by atoms with Crippen LogP contribution in [0.4, 0.5) is 0 Å². The molecule has 0 aliphatic rings. The molecule has 70 heavy (non-hydrogen) atoms. The van der Waals surface area contributed by atoms with Gasteiger partial charge in [0.1, 0.15) is 45.8 Å². The standard InChI is InChI=1S/C57H50O13/c1-35-9-11-39(12-10-35)53(58)66-43-19-13-41(14-20-43)55(60)69-47-26-28-49(36(2)32-47)50-29-27-48(33-37(50)3)70-56(61)42-15-21-44(22-16-42)67-54(59)40-17-23-45(24-18-40)68-57(62)51-30-25-46(34-52(51)64-6)65-31-7-8-38(4)63-5/h9-30,32-34,38H,7-8,31H2,1-6H3. The third-order valence-corrected chi connectivity index (χ3v) is 11.1. The molecule has 0 amide bonds. The van der Waals surface area contributed by atoms with E-state index < -0.39 is 29.8 Å². The van der Waals surface area contributed by atoms with Crippen LogP contribution in [0.3, 0.4) is 0 Å². The monoisotopic (exact) mass is 942 g/mol. The molecule has 0 spiro atoms. The van der Waals surface area contributed by atoms with Crippen molar-refractivity contribution < 1.29 is 61.9 Å². The first-order valence-electron chi connectivity index (χ1n) is 22.3. The van der Waals surface area contributed by atoms with E-state index in [4.69, 9.17) is 37.9 Å². The molecule has 0 aliphatic carbocycles. The molecule has 0 radical (unpaired) electrons. The summed E-state index contributed by atoms with van der Waals surface area (Å²) in [4.78, 5) is 64.6. The van der Waals surface area contributed by atoms with Crippen LogP contribution in [0.5, 0.6) is 40.2 Å². The van der Waals surface area contributed by atoms with Gasteiger partial charge in [-0.2, -0.15) is 0 Å². The number of hydrogen-bond acceptors (Lipinski definition) is 13. The summed E-state index contributed by atoms with van der Waals surface area (Å²) in [6, 6.07) is 40.5. The minimum atomic E-state index is -0.661. The SMILES string of the molecule is COc1cc(OCCCC(C)OC)ccc1C(=O)Oc1ccc(C(=O)Oc2ccc(C(=O)Oc3ccc(-c4ccc(OC(=O)c5ccc(OC(=O)c6ccc(C)cc6)cc5)cc4C)c(C)c3)cc2)cc1. The Kier molecular flexibility index (Phi) is 16.2. The van der Waals surface area contributed by atoms with Crippen molar-refractivity contribution in [1.29, 1.82) is 0 Å². The Balaban J connectivity index is 0.879. The van der Waals surface area contributed by atoms with E-state index in [0.29, 0.717) is 40.9 Å². The van der Waals surface area contributed by atoms with Crippen molar-refractivity contribution in [2.24, 2.45) is 0 Å². The van der Waals surface area contributed by atoms with E-state index in [1.807, 2.05) is 52.0 Å². The highest BCUT2D eigenvalue weighted by molar-refractivity contribution is 5.96. The largest absolute Gasteiger partial charge is 0.496 e. The molecule has 7 rings (SSSR count). The van der Waals surface area contributed by atoms with Crippen LogP contribution in [0.15, 0.2) is 152 Å². The molecule has 0 N–H and O–H groups in total. The summed E-state index contributed by atoms with van der Waals surface area (Å²) in [5.41, 5.74) is 5.84. The second-order valence-electron chi connectivity index (χ2n) is 16.2. The first-order chi connectivity index (χ1) is 33.8. The normalized spacial score (nSPS) is 11.2. The van der Waals surface area contributed by atoms with E-state index in [1.54, 1.807) is 61.7 Å². The Morgan fingerprint density at radius 1 is 0.429 bits per heavy atom. The molecule has 0 saturated carbocycles. The van der Waals surface area contributed by atoms with E-state index in [-0.39, 0.29) is 39.9 Å². The number of benzene rings is 7. The zero-order valence-electron chi connectivity index (χ0n) is 39.4. The van der Waals surface area contributed by atoms with E-state index in [1.165, 1.54) is 79.9 Å². The quantitative estimate of drug-likeness (QED) is 0.0455. The van der Waals surface area contributed by atoms with Crippen LogP contribution in [0.1, 0.15) is 88.2 Å². The summed E-state index contributed by atoms with van der Waals surface area (Å²) in [6.45, 7) is 8.20. The van der Waals surface area contributed by atoms with Crippen LogP contribution in [0, 0.1) is 20.8 Å². The lowest BCUT2D eigenvalue weighted by molar-refractivity contribution is 0.0718. The van der Waals surface area contributed by atoms with Crippen LogP contribution >= 0.6 is 0 Å². The molecule has 356 valence electrons. The van der Waals surface area contributed by atoms with Crippen molar-refractivity contribution in [3.05, 3.63) is 196 Å². The van der Waals surface area contributed by atoms with Crippen LogP contribution < -0.4 is 33.2 Å². The predicted molar refractivity (Wildman–Crippen MR) is 261 cm³/mol. The molecular weight excluding hydrogens is 893 g/mol. The van der Waals surface area contributed by atoms with Gasteiger partial charge in [0.05, 0.1) is 42.1 Å². The van der Waals surface area contributed by atoms with E-state index in [2.05, 4.69) is 0 Å². The third-order valence-electron chi connectivity index (χ3n) is 11.1. The van der Waals surface area contributed by atoms with Gasteiger partial charge in [0.2, 0.25) is 0 Å². The van der Waals surface area contributed by atoms with Gasteiger partial charge in [-0.15, -0.1) is 0 Å². The van der Waals surface area contributed by atoms with E-state index >= 15 is 0 Å². The predicted octanol–water partition coefficient (Wildman–Crippen LogP) is 11.6. The molecule has 0 aromatic heterocycles. The summed E-state index contributed by atoms with van der Waals surface area (Å²) in [5, 5.41) is 0. The van der Waals surface area contributed by atoms with Gasteiger partial charge in [0, 0.05) is 13.2 Å². The Hall–Kier alpha value is -8.55. The highest BCUT2D eigenvalue weighted by Gasteiger charge is 2.19. The fourth-order valence-electron chi connectivity index (χ4n) is 7.11. The number of esters is 5. The third kappa shape index (κ3) is 12.9. The van der Waals surface area contributed by atoms with Crippen molar-refractivity contribution in [3.63, 3.8) is 0 Å². The topological polar surface area (TPSA) is 159 Å². The van der Waals surface area contributed by atoms with E-state index in [9.17, 15) is 24.0 Å². The maximum Gasteiger partial charge on any atom is 0.347 e. The number of carbonyl (C=O) groups excluding carboxylic acids is 5. The summed E-state index contributed by atoms with van der Waals surface area (Å²) < 4.78 is 44.3. The lowest BCUT2D eigenvalue weighted by atomic mass is 9.96. The van der Waals surface area contributed by atoms with Crippen molar-refractivity contribution >= 4 is 29.8 Å². The van der Waals surface area contributed by atoms with Crippen LogP contribution in [-0.2, 0) is 4.74 Å². The molecule has 7 aromatic rings. The Morgan fingerprint density at radius 3 is 1.20 bits per heavy atom. The molecule has 0 bridgehead atoms. The number of methoxy groups -OCH3 is 2. The van der Waals surface area contributed by atoms with Crippen LogP contribution in [0.2, 0.25) is 0 Å². The lowest BCUT2D eigenvalue weighted by Gasteiger charge is -2.13. The van der Waals surface area contributed by atoms with Crippen molar-refractivity contribution in [3.8, 4) is 51.4 Å². The fraction of sp³-hybridized carbons (Fsp3) is 0.175. The fourth-order valence-corrected chi connectivity index (χ4v) is 7.11. The van der Waals surface area contributed by atoms with Gasteiger partial charge in [-0.05, 0) is 184 Å². The first-order valence-corrected chi connectivity index (χ1v) is 22.3. The first kappa shape index (κ1) is 49.4. The van der Waals surface area contributed by atoms with E-state index in [0.717, 1.165) is 40.7 Å².